The molecule has 0 radical (unpaired) electrons. The van der Waals surface area contributed by atoms with Crippen LogP contribution < -0.4 is 0 Å². The van der Waals surface area contributed by atoms with Crippen LogP contribution in [0.15, 0.2) is 0 Å². The van der Waals surface area contributed by atoms with Crippen LogP contribution >= 0.6 is 0 Å². The van der Waals surface area contributed by atoms with Gasteiger partial charge in [0.25, 0.3) is 0 Å². The average molecular weight is 120 g/mol. The summed E-state index contributed by atoms with van der Waals surface area (Å²) in [7, 11) is -3.67. The second-order valence-electron chi connectivity index (χ2n) is 0.247. The maximum absolute atomic E-state index is 9.67. The fraction of sp³-hybridized carbons (Fsp3) is 0. The van der Waals surface area contributed by atoms with E-state index in [4.69, 9.17) is 0 Å². The van der Waals surface area contributed by atoms with Crippen LogP contribution in [0.25, 0.3) is 0 Å². The predicted molar refractivity (Wildman–Crippen MR) is 9.08 cm³/mol. The summed E-state index contributed by atoms with van der Waals surface area (Å²) in [5.74, 6) is 0. The van der Waals surface area contributed by atoms with Gasteiger partial charge in [0.1, 0.15) is 0 Å². The molecular weight excluding hydrogens is 120 g/mol. The van der Waals surface area contributed by atoms with Gasteiger partial charge in [-0.25, -0.2) is 0 Å². The topological polar surface area (TPSA) is 0 Å². The Morgan fingerprint density at radius 2 is 1.00 bits per heavy atom. The maximum Gasteiger partial charge on any atom is 0.762 e. The van der Waals surface area contributed by atoms with E-state index in [0.29, 0.717) is 0 Å². The fourth-order valence-corrected chi connectivity index (χ4v) is 0. The van der Waals surface area contributed by atoms with Crippen molar-refractivity contribution >= 4 is 7.54 Å². The largest absolute Gasteiger partial charge is 0.762 e. The van der Waals surface area contributed by atoms with Crippen molar-refractivity contribution in [2.45, 2.75) is 0 Å². The SMILES string of the molecule is FB(F)F.[Cr]. The van der Waals surface area contributed by atoms with Gasteiger partial charge in [-0.1, -0.05) is 0 Å². The van der Waals surface area contributed by atoms with Crippen LogP contribution in [0.3, 0.4) is 0 Å². The minimum Gasteiger partial charge on any atom is -0.254 e. The molecule has 0 fully saturated rings. The summed E-state index contributed by atoms with van der Waals surface area (Å²) in [5, 5.41) is 0. The van der Waals surface area contributed by atoms with Gasteiger partial charge >= 0.3 is 7.54 Å². The molecular formula is BCrF3. The Labute approximate surface area is 38.7 Å². The van der Waals surface area contributed by atoms with Gasteiger partial charge in [0.2, 0.25) is 0 Å². The first-order chi connectivity index (χ1) is 1.73. The van der Waals surface area contributed by atoms with Crippen LogP contribution in [0.2, 0.25) is 0 Å². The Kier molecular flexibility index (Phi) is 7.93. The van der Waals surface area contributed by atoms with Crippen LogP contribution in [0.4, 0.5) is 12.9 Å². The summed E-state index contributed by atoms with van der Waals surface area (Å²) in [4.78, 5) is 0. The number of hydrogen-bond acceptors (Lipinski definition) is 0. The Bertz CT molecular complexity index is 11.6. The van der Waals surface area contributed by atoms with E-state index in [1.165, 1.54) is 0 Å². The van der Waals surface area contributed by atoms with E-state index in [0.717, 1.165) is 0 Å². The molecule has 0 aromatic heterocycles. The first-order valence-corrected chi connectivity index (χ1v) is 0.655. The van der Waals surface area contributed by atoms with Crippen LogP contribution in [0.5, 0.6) is 0 Å². The fourth-order valence-electron chi connectivity index (χ4n) is 0. The zero-order valence-electron chi connectivity index (χ0n) is 2.12. The molecule has 0 bridgehead atoms. The monoisotopic (exact) mass is 120 g/mol. The molecule has 0 amide bonds. The zero-order valence-corrected chi connectivity index (χ0v) is 3.39. The van der Waals surface area contributed by atoms with E-state index < -0.39 is 7.54 Å². The van der Waals surface area contributed by atoms with Crippen LogP contribution in [0.1, 0.15) is 0 Å². The summed E-state index contributed by atoms with van der Waals surface area (Å²) in [6.45, 7) is 0. The number of halogens is 3. The van der Waals surface area contributed by atoms with Gasteiger partial charge in [-0.3, -0.25) is 12.9 Å². The molecule has 0 rings (SSSR count). The molecule has 30 valence electrons. The Morgan fingerprint density at radius 3 is 1.00 bits per heavy atom. The molecule has 0 saturated carbocycles. The van der Waals surface area contributed by atoms with Crippen molar-refractivity contribution in [1.82, 2.24) is 0 Å². The second kappa shape index (κ2) is 4.39. The zero-order chi connectivity index (χ0) is 3.58. The Balaban J connectivity index is 0. The van der Waals surface area contributed by atoms with Crippen molar-refractivity contribution < 1.29 is 30.3 Å². The molecule has 0 aliphatic rings. The van der Waals surface area contributed by atoms with Crippen molar-refractivity contribution in [3.63, 3.8) is 0 Å². The van der Waals surface area contributed by atoms with E-state index in [2.05, 4.69) is 0 Å². The van der Waals surface area contributed by atoms with E-state index in [1.807, 2.05) is 0 Å². The van der Waals surface area contributed by atoms with Gasteiger partial charge in [-0.2, -0.15) is 0 Å². The van der Waals surface area contributed by atoms with E-state index in [9.17, 15) is 12.9 Å². The molecule has 0 N–H and O–H groups in total. The molecule has 0 nitrogen and oxygen atoms in total. The van der Waals surface area contributed by atoms with Gasteiger partial charge in [0, 0.05) is 17.4 Å². The second-order valence-corrected chi connectivity index (χ2v) is 0.247. The first-order valence-electron chi connectivity index (χ1n) is 0.655. The maximum atomic E-state index is 9.67. The Hall–Kier alpha value is 0.387. The average Bonchev–Trinajstić information content (AvgIpc) is 0.811. The Morgan fingerprint density at radius 1 is 1.00 bits per heavy atom. The van der Waals surface area contributed by atoms with Gasteiger partial charge in [-0.05, 0) is 0 Å². The van der Waals surface area contributed by atoms with Crippen molar-refractivity contribution in [2.75, 3.05) is 0 Å². The van der Waals surface area contributed by atoms with Gasteiger partial charge in [0.15, 0.2) is 0 Å². The van der Waals surface area contributed by atoms with Crippen molar-refractivity contribution in [1.29, 1.82) is 0 Å². The van der Waals surface area contributed by atoms with Gasteiger partial charge < -0.3 is 0 Å². The summed E-state index contributed by atoms with van der Waals surface area (Å²) >= 11 is 0. The minimum atomic E-state index is -3.67. The molecule has 0 atom stereocenters. The summed E-state index contributed by atoms with van der Waals surface area (Å²) in [6, 6.07) is 0. The molecule has 0 aliphatic carbocycles. The van der Waals surface area contributed by atoms with E-state index in [1.54, 1.807) is 0 Å². The van der Waals surface area contributed by atoms with E-state index >= 15 is 0 Å². The van der Waals surface area contributed by atoms with Crippen molar-refractivity contribution in [3.05, 3.63) is 0 Å². The van der Waals surface area contributed by atoms with E-state index in [-0.39, 0.29) is 17.4 Å². The predicted octanol–water partition coefficient (Wildman–Crippen LogP) is 0.877. The third-order valence-corrected chi connectivity index (χ3v) is 0. The molecule has 0 saturated heterocycles. The molecule has 5 heteroatoms. The van der Waals surface area contributed by atoms with Gasteiger partial charge in [-0.15, -0.1) is 0 Å². The van der Waals surface area contributed by atoms with Crippen LogP contribution in [-0.4, -0.2) is 7.54 Å². The molecule has 0 aromatic carbocycles. The summed E-state index contributed by atoms with van der Waals surface area (Å²) in [6.07, 6.45) is 0. The standard InChI is InChI=1S/BF3.Cr/c2-1(3)4;. The molecule has 0 unspecified atom stereocenters. The number of hydrogen-bond donors (Lipinski definition) is 0. The number of rotatable bonds is 0. The smallest absolute Gasteiger partial charge is 0.254 e. The molecule has 0 aromatic rings. The van der Waals surface area contributed by atoms with Crippen LogP contribution in [0, 0.1) is 0 Å². The first kappa shape index (κ1) is 9.04. The third-order valence-electron chi connectivity index (χ3n) is 0. The van der Waals surface area contributed by atoms with Crippen molar-refractivity contribution in [3.8, 4) is 0 Å². The van der Waals surface area contributed by atoms with Gasteiger partial charge in [0.05, 0.1) is 0 Å². The molecule has 0 spiro atoms. The summed E-state index contributed by atoms with van der Waals surface area (Å²) in [5.41, 5.74) is 0. The third kappa shape index (κ3) is 167. The molecule has 0 heterocycles. The normalized spacial score (nSPS) is 5.40. The van der Waals surface area contributed by atoms with Crippen molar-refractivity contribution in [2.24, 2.45) is 0 Å². The summed E-state index contributed by atoms with van der Waals surface area (Å²) < 4.78 is 29.0. The minimum absolute atomic E-state index is 0. The molecule has 0 aliphatic heterocycles. The van der Waals surface area contributed by atoms with Crippen LogP contribution in [-0.2, 0) is 17.4 Å². The quantitative estimate of drug-likeness (QED) is 0.416. The molecule has 5 heavy (non-hydrogen) atoms.